The Morgan fingerprint density at radius 3 is 1.68 bits per heavy atom. The van der Waals surface area contributed by atoms with Crippen molar-refractivity contribution < 1.29 is 25.5 Å². The molecule has 5 nitrogen and oxygen atoms in total. The van der Waals surface area contributed by atoms with Gasteiger partial charge in [-0.05, 0) is 53.6 Å². The van der Waals surface area contributed by atoms with Crippen LogP contribution in [0, 0.1) is 0 Å². The number of rotatable bonds is 2. The monoisotopic (exact) mass is 316 g/mol. The fourth-order valence-corrected chi connectivity index (χ4v) is 3.12. The molecule has 6 heteroatoms. The van der Waals surface area contributed by atoms with Gasteiger partial charge in [0, 0.05) is 4.88 Å². The molecular formula is C16H12O5S. The van der Waals surface area contributed by atoms with Crippen LogP contribution in [0.4, 0.5) is 0 Å². The van der Waals surface area contributed by atoms with Gasteiger partial charge < -0.3 is 25.5 Å². The molecular weight excluding hydrogens is 304 g/mol. The lowest BCUT2D eigenvalue weighted by Gasteiger charge is -2.02. The van der Waals surface area contributed by atoms with Crippen LogP contribution in [0.5, 0.6) is 28.7 Å². The van der Waals surface area contributed by atoms with Gasteiger partial charge in [0.25, 0.3) is 0 Å². The summed E-state index contributed by atoms with van der Waals surface area (Å²) >= 11 is 1.26. The SMILES string of the molecule is Oc1ccc(-c2cc(O)c(-c3ccc(O)c(O)c3)s2)cc1O. The summed E-state index contributed by atoms with van der Waals surface area (Å²) in [5.74, 6) is -0.933. The second-order valence-corrected chi connectivity index (χ2v) is 5.78. The van der Waals surface area contributed by atoms with Crippen molar-refractivity contribution in [3.05, 3.63) is 42.5 Å². The summed E-state index contributed by atoms with van der Waals surface area (Å²) in [5.41, 5.74) is 1.21. The summed E-state index contributed by atoms with van der Waals surface area (Å²) in [6, 6.07) is 10.2. The summed E-state index contributed by atoms with van der Waals surface area (Å²) in [7, 11) is 0. The lowest BCUT2D eigenvalue weighted by molar-refractivity contribution is 0.404. The van der Waals surface area contributed by atoms with Gasteiger partial charge in [-0.1, -0.05) is 0 Å². The van der Waals surface area contributed by atoms with Crippen LogP contribution in [0.3, 0.4) is 0 Å². The van der Waals surface area contributed by atoms with Crippen molar-refractivity contribution in [1.82, 2.24) is 0 Å². The van der Waals surface area contributed by atoms with E-state index in [0.29, 0.717) is 20.9 Å². The van der Waals surface area contributed by atoms with Gasteiger partial charge in [-0.15, -0.1) is 11.3 Å². The van der Waals surface area contributed by atoms with Crippen LogP contribution in [0.25, 0.3) is 20.9 Å². The zero-order valence-corrected chi connectivity index (χ0v) is 12.0. The fraction of sp³-hybridized carbons (Fsp3) is 0. The molecule has 1 aromatic heterocycles. The maximum absolute atomic E-state index is 10.1. The summed E-state index contributed by atoms with van der Waals surface area (Å²) < 4.78 is 0. The van der Waals surface area contributed by atoms with Crippen molar-refractivity contribution in [2.45, 2.75) is 0 Å². The number of aromatic hydroxyl groups is 5. The van der Waals surface area contributed by atoms with Crippen LogP contribution < -0.4 is 0 Å². The Kier molecular flexibility index (Phi) is 3.30. The third kappa shape index (κ3) is 2.40. The molecule has 0 unspecified atom stereocenters. The zero-order valence-electron chi connectivity index (χ0n) is 11.2. The normalized spacial score (nSPS) is 10.7. The second-order valence-electron chi connectivity index (χ2n) is 4.73. The Bertz CT molecular complexity index is 854. The molecule has 0 fully saturated rings. The van der Waals surface area contributed by atoms with Crippen molar-refractivity contribution in [3.8, 4) is 49.6 Å². The number of benzene rings is 2. The lowest BCUT2D eigenvalue weighted by Crippen LogP contribution is -1.74. The summed E-state index contributed by atoms with van der Waals surface area (Å²) in [4.78, 5) is 1.22. The second kappa shape index (κ2) is 5.16. The van der Waals surface area contributed by atoms with Crippen molar-refractivity contribution in [2.24, 2.45) is 0 Å². The Hall–Kier alpha value is -2.86. The van der Waals surface area contributed by atoms with Gasteiger partial charge in [0.2, 0.25) is 0 Å². The van der Waals surface area contributed by atoms with Crippen molar-refractivity contribution in [3.63, 3.8) is 0 Å². The molecule has 1 heterocycles. The molecule has 0 atom stereocenters. The molecule has 5 N–H and O–H groups in total. The van der Waals surface area contributed by atoms with Crippen LogP contribution in [0.15, 0.2) is 42.5 Å². The van der Waals surface area contributed by atoms with Crippen LogP contribution in [0.1, 0.15) is 0 Å². The quantitative estimate of drug-likeness (QED) is 0.465. The molecule has 3 rings (SSSR count). The number of hydrogen-bond donors (Lipinski definition) is 5. The van der Waals surface area contributed by atoms with E-state index < -0.39 is 0 Å². The van der Waals surface area contributed by atoms with Crippen molar-refractivity contribution in [1.29, 1.82) is 0 Å². The van der Waals surface area contributed by atoms with Crippen LogP contribution in [0.2, 0.25) is 0 Å². The Morgan fingerprint density at radius 2 is 1.09 bits per heavy atom. The van der Waals surface area contributed by atoms with E-state index in [1.807, 2.05) is 0 Å². The Morgan fingerprint density at radius 1 is 0.545 bits per heavy atom. The first-order valence-corrected chi connectivity index (χ1v) is 7.15. The van der Waals surface area contributed by atoms with Crippen LogP contribution in [-0.4, -0.2) is 25.5 Å². The molecule has 3 aromatic rings. The van der Waals surface area contributed by atoms with Gasteiger partial charge in [0.1, 0.15) is 5.75 Å². The molecule has 0 amide bonds. The smallest absolute Gasteiger partial charge is 0.158 e. The number of hydrogen-bond acceptors (Lipinski definition) is 6. The largest absolute Gasteiger partial charge is 0.506 e. The van der Waals surface area contributed by atoms with Crippen molar-refractivity contribution >= 4 is 11.3 Å². The number of phenols is 4. The highest BCUT2D eigenvalue weighted by molar-refractivity contribution is 7.19. The first-order valence-electron chi connectivity index (χ1n) is 6.33. The van der Waals surface area contributed by atoms with E-state index in [4.69, 9.17) is 0 Å². The molecule has 112 valence electrons. The highest BCUT2D eigenvalue weighted by Gasteiger charge is 2.14. The summed E-state index contributed by atoms with van der Waals surface area (Å²) in [6.07, 6.45) is 0. The average Bonchev–Trinajstić information content (AvgIpc) is 2.87. The molecule has 0 saturated heterocycles. The van der Waals surface area contributed by atoms with E-state index in [1.54, 1.807) is 12.1 Å². The highest BCUT2D eigenvalue weighted by Crippen LogP contribution is 2.44. The molecule has 22 heavy (non-hydrogen) atoms. The maximum Gasteiger partial charge on any atom is 0.158 e. The fourth-order valence-electron chi connectivity index (χ4n) is 2.07. The summed E-state index contributed by atoms with van der Waals surface area (Å²) in [6.45, 7) is 0. The minimum atomic E-state index is -0.269. The molecule has 2 aromatic carbocycles. The van der Waals surface area contributed by atoms with Gasteiger partial charge in [-0.25, -0.2) is 0 Å². The van der Waals surface area contributed by atoms with E-state index in [1.165, 1.54) is 41.7 Å². The Balaban J connectivity index is 2.06. The van der Waals surface area contributed by atoms with E-state index >= 15 is 0 Å². The number of phenolic OH excluding ortho intramolecular Hbond substituents is 4. The van der Waals surface area contributed by atoms with E-state index in [9.17, 15) is 25.5 Å². The average molecular weight is 316 g/mol. The van der Waals surface area contributed by atoms with E-state index in [-0.39, 0.29) is 28.7 Å². The van der Waals surface area contributed by atoms with Gasteiger partial charge in [0.05, 0.1) is 4.88 Å². The summed E-state index contributed by atoms with van der Waals surface area (Å²) in [5, 5.41) is 47.9. The standard InChI is InChI=1S/C16H12O5S/c17-10-3-1-8(5-12(10)19)15-7-14(21)16(22-15)9-2-4-11(18)13(20)6-9/h1-7,17-21H. The number of thiophene rings is 1. The molecule has 0 aliphatic rings. The van der Waals surface area contributed by atoms with Gasteiger partial charge >= 0.3 is 0 Å². The molecule has 0 aliphatic heterocycles. The van der Waals surface area contributed by atoms with Gasteiger partial charge in [-0.3, -0.25) is 0 Å². The molecule has 0 radical (unpaired) electrons. The van der Waals surface area contributed by atoms with Crippen molar-refractivity contribution in [2.75, 3.05) is 0 Å². The molecule has 0 saturated carbocycles. The molecule has 0 bridgehead atoms. The zero-order chi connectivity index (χ0) is 15.9. The highest BCUT2D eigenvalue weighted by atomic mass is 32.1. The van der Waals surface area contributed by atoms with Crippen LogP contribution >= 0.6 is 11.3 Å². The lowest BCUT2D eigenvalue weighted by atomic mass is 10.1. The third-order valence-electron chi connectivity index (χ3n) is 3.21. The van der Waals surface area contributed by atoms with Crippen LogP contribution in [-0.2, 0) is 0 Å². The third-order valence-corrected chi connectivity index (χ3v) is 4.43. The topological polar surface area (TPSA) is 101 Å². The van der Waals surface area contributed by atoms with Gasteiger partial charge in [-0.2, -0.15) is 0 Å². The maximum atomic E-state index is 10.1. The van der Waals surface area contributed by atoms with E-state index in [2.05, 4.69) is 0 Å². The minimum Gasteiger partial charge on any atom is -0.506 e. The molecule has 0 spiro atoms. The van der Waals surface area contributed by atoms with Gasteiger partial charge in [0.15, 0.2) is 23.0 Å². The van der Waals surface area contributed by atoms with E-state index in [0.717, 1.165) is 0 Å². The predicted octanol–water partition coefficient (Wildman–Crippen LogP) is 3.61. The first-order chi connectivity index (χ1) is 10.5. The first kappa shape index (κ1) is 14.1. The predicted molar refractivity (Wildman–Crippen MR) is 83.5 cm³/mol. The molecule has 0 aliphatic carbocycles. The minimum absolute atomic E-state index is 0.0256. The Labute approximate surface area is 129 Å².